The first-order chi connectivity index (χ1) is 8.83. The molecule has 0 radical (unpaired) electrons. The molecule has 1 N–H and O–H groups in total. The molecule has 1 aromatic heterocycles. The minimum atomic E-state index is 0.739. The Morgan fingerprint density at radius 3 is 3.17 bits per heavy atom. The highest BCUT2D eigenvalue weighted by molar-refractivity contribution is 5.88. The molecule has 0 amide bonds. The molecule has 2 atom stereocenters. The molecule has 2 unspecified atom stereocenters. The van der Waals surface area contributed by atoms with Crippen molar-refractivity contribution in [3.05, 3.63) is 35.0 Å². The molecule has 2 bridgehead atoms. The maximum absolute atomic E-state index is 3.73. The topological polar surface area (TPSA) is 19.0 Å². The van der Waals surface area contributed by atoms with Crippen molar-refractivity contribution >= 4 is 10.9 Å². The fraction of sp³-hybridized carbons (Fsp3) is 0.500. The second kappa shape index (κ2) is 3.86. The number of piperidine rings is 1. The monoisotopic (exact) mass is 240 g/mol. The number of aryl methyl sites for hydroxylation is 1. The SMILES string of the molecule is Cc1cccc2[nH]c3c(c12)CCN1CCCC3C1. The average Bonchev–Trinajstić information content (AvgIpc) is 2.72. The highest BCUT2D eigenvalue weighted by Gasteiger charge is 2.29. The lowest BCUT2D eigenvalue weighted by atomic mass is 9.93. The maximum Gasteiger partial charge on any atom is 0.0461 e. The molecule has 1 aromatic carbocycles. The van der Waals surface area contributed by atoms with Crippen LogP contribution in [0.15, 0.2) is 18.2 Å². The minimum absolute atomic E-state index is 0.739. The van der Waals surface area contributed by atoms with Crippen molar-refractivity contribution in [2.75, 3.05) is 19.6 Å². The van der Waals surface area contributed by atoms with Crippen molar-refractivity contribution in [2.24, 2.45) is 0 Å². The Bertz CT molecular complexity index is 596. The summed E-state index contributed by atoms with van der Waals surface area (Å²) in [4.78, 5) is 6.37. The summed E-state index contributed by atoms with van der Waals surface area (Å²) in [6, 6.07) is 6.64. The first-order valence-corrected chi connectivity index (χ1v) is 7.15. The van der Waals surface area contributed by atoms with Gasteiger partial charge in [-0.25, -0.2) is 0 Å². The van der Waals surface area contributed by atoms with Gasteiger partial charge in [0.1, 0.15) is 0 Å². The molecule has 2 heteroatoms. The van der Waals surface area contributed by atoms with E-state index in [1.165, 1.54) is 55.4 Å². The molecule has 2 aliphatic heterocycles. The third kappa shape index (κ3) is 1.45. The Morgan fingerprint density at radius 1 is 1.28 bits per heavy atom. The molecule has 2 aliphatic rings. The third-order valence-corrected chi connectivity index (χ3v) is 4.76. The summed E-state index contributed by atoms with van der Waals surface area (Å²) < 4.78 is 0. The molecular weight excluding hydrogens is 220 g/mol. The van der Waals surface area contributed by atoms with E-state index in [1.54, 1.807) is 11.3 Å². The van der Waals surface area contributed by atoms with Gasteiger partial charge in [0.25, 0.3) is 0 Å². The van der Waals surface area contributed by atoms with Gasteiger partial charge in [-0.2, -0.15) is 0 Å². The second-order valence-corrected chi connectivity index (χ2v) is 5.90. The van der Waals surface area contributed by atoms with Gasteiger partial charge in [0.2, 0.25) is 0 Å². The first kappa shape index (κ1) is 10.6. The van der Waals surface area contributed by atoms with Crippen LogP contribution >= 0.6 is 0 Å². The van der Waals surface area contributed by atoms with Gasteiger partial charge in [-0.05, 0) is 49.9 Å². The summed E-state index contributed by atoms with van der Waals surface area (Å²) in [7, 11) is 0. The molecule has 94 valence electrons. The van der Waals surface area contributed by atoms with Crippen molar-refractivity contribution < 1.29 is 0 Å². The summed E-state index contributed by atoms with van der Waals surface area (Å²) in [6.45, 7) is 6.05. The number of hydrogen-bond donors (Lipinski definition) is 1. The molecular formula is C16H20N2. The van der Waals surface area contributed by atoms with Crippen LogP contribution in [0.3, 0.4) is 0 Å². The lowest BCUT2D eigenvalue weighted by Crippen LogP contribution is -2.33. The Morgan fingerprint density at radius 2 is 2.22 bits per heavy atom. The van der Waals surface area contributed by atoms with Gasteiger partial charge >= 0.3 is 0 Å². The fourth-order valence-corrected chi connectivity index (χ4v) is 3.90. The van der Waals surface area contributed by atoms with Gasteiger partial charge in [-0.3, -0.25) is 0 Å². The predicted octanol–water partition coefficient (Wildman–Crippen LogP) is 3.21. The summed E-state index contributed by atoms with van der Waals surface area (Å²) in [5.74, 6) is 0.739. The molecule has 1 saturated heterocycles. The molecule has 0 saturated carbocycles. The van der Waals surface area contributed by atoms with Gasteiger partial charge in [-0.15, -0.1) is 0 Å². The molecule has 0 spiro atoms. The van der Waals surface area contributed by atoms with E-state index in [-0.39, 0.29) is 0 Å². The molecule has 4 rings (SSSR count). The highest BCUT2D eigenvalue weighted by atomic mass is 15.1. The zero-order valence-electron chi connectivity index (χ0n) is 11.0. The summed E-state index contributed by atoms with van der Waals surface area (Å²) in [5.41, 5.74) is 5.93. The normalized spacial score (nSPS) is 26.9. The standard InChI is InChI=1S/C16H20N2/c1-11-4-2-6-14-15(11)13-7-9-18-8-3-5-12(10-18)16(13)17-14/h2,4,6,12,17H,3,5,7-10H2,1H3. The van der Waals surface area contributed by atoms with E-state index in [0.717, 1.165) is 5.92 Å². The summed E-state index contributed by atoms with van der Waals surface area (Å²) in [5, 5.41) is 1.50. The number of rotatable bonds is 0. The van der Waals surface area contributed by atoms with Crippen LogP contribution in [0.25, 0.3) is 10.9 Å². The number of aromatic amines is 1. The summed E-state index contributed by atoms with van der Waals surface area (Å²) >= 11 is 0. The van der Waals surface area contributed by atoms with Crippen molar-refractivity contribution in [3.8, 4) is 0 Å². The quantitative estimate of drug-likeness (QED) is 0.749. The number of benzene rings is 1. The van der Waals surface area contributed by atoms with E-state index in [4.69, 9.17) is 0 Å². The Hall–Kier alpha value is -1.28. The van der Waals surface area contributed by atoms with E-state index >= 15 is 0 Å². The van der Waals surface area contributed by atoms with E-state index in [9.17, 15) is 0 Å². The van der Waals surface area contributed by atoms with Gasteiger partial charge in [0.05, 0.1) is 0 Å². The highest BCUT2D eigenvalue weighted by Crippen LogP contribution is 2.36. The lowest BCUT2D eigenvalue weighted by Gasteiger charge is -2.29. The lowest BCUT2D eigenvalue weighted by molar-refractivity contribution is 0.217. The van der Waals surface area contributed by atoms with Gasteiger partial charge in [-0.1, -0.05) is 12.1 Å². The second-order valence-electron chi connectivity index (χ2n) is 5.90. The van der Waals surface area contributed by atoms with Crippen LogP contribution in [0.1, 0.15) is 35.6 Å². The van der Waals surface area contributed by atoms with Crippen LogP contribution in [-0.4, -0.2) is 29.5 Å². The molecule has 18 heavy (non-hydrogen) atoms. The van der Waals surface area contributed by atoms with Crippen molar-refractivity contribution in [2.45, 2.75) is 32.1 Å². The maximum atomic E-state index is 3.73. The largest absolute Gasteiger partial charge is 0.358 e. The van der Waals surface area contributed by atoms with Crippen LogP contribution in [-0.2, 0) is 6.42 Å². The van der Waals surface area contributed by atoms with E-state index in [2.05, 4.69) is 35.0 Å². The number of nitrogens with one attached hydrogen (secondary N) is 1. The smallest absolute Gasteiger partial charge is 0.0461 e. The number of fused-ring (bicyclic) bond motifs is 6. The molecule has 1 fully saturated rings. The molecule has 0 aliphatic carbocycles. The Labute approximate surface area is 108 Å². The fourth-order valence-electron chi connectivity index (χ4n) is 3.90. The number of hydrogen-bond acceptors (Lipinski definition) is 1. The van der Waals surface area contributed by atoms with E-state index < -0.39 is 0 Å². The van der Waals surface area contributed by atoms with Crippen LogP contribution in [0.5, 0.6) is 0 Å². The number of nitrogens with zero attached hydrogens (tertiary/aromatic N) is 1. The molecule has 2 aromatic rings. The summed E-state index contributed by atoms with van der Waals surface area (Å²) in [6.07, 6.45) is 3.94. The zero-order chi connectivity index (χ0) is 12.1. The van der Waals surface area contributed by atoms with Crippen LogP contribution < -0.4 is 0 Å². The van der Waals surface area contributed by atoms with Crippen LogP contribution in [0, 0.1) is 6.92 Å². The Balaban J connectivity index is 1.95. The van der Waals surface area contributed by atoms with Gasteiger partial charge < -0.3 is 9.88 Å². The van der Waals surface area contributed by atoms with Crippen molar-refractivity contribution in [1.29, 1.82) is 0 Å². The number of H-pyrrole nitrogens is 1. The van der Waals surface area contributed by atoms with Crippen LogP contribution in [0.2, 0.25) is 0 Å². The molecule has 2 nitrogen and oxygen atoms in total. The zero-order valence-corrected chi connectivity index (χ0v) is 11.0. The van der Waals surface area contributed by atoms with E-state index in [0.29, 0.717) is 0 Å². The Kier molecular flexibility index (Phi) is 2.28. The average molecular weight is 240 g/mol. The van der Waals surface area contributed by atoms with Crippen molar-refractivity contribution in [3.63, 3.8) is 0 Å². The first-order valence-electron chi connectivity index (χ1n) is 7.15. The van der Waals surface area contributed by atoms with Crippen LogP contribution in [0.4, 0.5) is 0 Å². The van der Waals surface area contributed by atoms with E-state index in [1.807, 2.05) is 0 Å². The molecule has 3 heterocycles. The van der Waals surface area contributed by atoms with Gasteiger partial charge in [0.15, 0.2) is 0 Å². The van der Waals surface area contributed by atoms with Gasteiger partial charge in [0, 0.05) is 35.6 Å². The van der Waals surface area contributed by atoms with Crippen molar-refractivity contribution in [1.82, 2.24) is 9.88 Å². The predicted molar refractivity (Wildman–Crippen MR) is 75.2 cm³/mol. The minimum Gasteiger partial charge on any atom is -0.358 e. The third-order valence-electron chi connectivity index (χ3n) is 4.76. The number of aromatic nitrogens is 1.